The highest BCUT2D eigenvalue weighted by Gasteiger charge is 2.42. The van der Waals surface area contributed by atoms with Crippen LogP contribution in [0.15, 0.2) is 48.2 Å². The Hall–Kier alpha value is -2.50. The lowest BCUT2D eigenvalue weighted by atomic mass is 10.1. The molecule has 0 spiro atoms. The lowest BCUT2D eigenvalue weighted by molar-refractivity contribution is -0.121. The van der Waals surface area contributed by atoms with Crippen molar-refractivity contribution in [2.45, 2.75) is 13.3 Å². The van der Waals surface area contributed by atoms with Crippen molar-refractivity contribution in [1.82, 2.24) is 0 Å². The molecule has 0 bridgehead atoms. The van der Waals surface area contributed by atoms with Crippen LogP contribution in [0.4, 0.5) is 5.69 Å². The number of rotatable bonds is 5. The fraction of sp³-hybridized carbons (Fsp3) is 0.158. The fourth-order valence-electron chi connectivity index (χ4n) is 2.65. The van der Waals surface area contributed by atoms with E-state index in [2.05, 4.69) is 0 Å². The Balaban J connectivity index is 2.05. The van der Waals surface area contributed by atoms with E-state index in [-0.39, 0.29) is 21.8 Å². The molecule has 0 fully saturated rings. The molecule has 0 atom stereocenters. The smallest absolute Gasteiger partial charge is 0.301 e. The van der Waals surface area contributed by atoms with Gasteiger partial charge in [0.25, 0.3) is 5.91 Å². The van der Waals surface area contributed by atoms with Gasteiger partial charge in [0.1, 0.15) is 5.75 Å². The predicted octanol–water partition coefficient (Wildman–Crippen LogP) is 4.62. The number of nitrogens with zero attached hydrogens (tertiary/aromatic N) is 1. The van der Waals surface area contributed by atoms with Gasteiger partial charge in [-0.1, -0.05) is 48.3 Å². The summed E-state index contributed by atoms with van der Waals surface area (Å²) in [7, 11) is 0. The van der Waals surface area contributed by atoms with Gasteiger partial charge >= 0.3 is 5.91 Å². The Kier molecular flexibility index (Phi) is 5.20. The molecule has 134 valence electrons. The Morgan fingerprint density at radius 3 is 2.50 bits per heavy atom. The van der Waals surface area contributed by atoms with Crippen LogP contribution >= 0.6 is 23.2 Å². The molecule has 2 aromatic rings. The number of hydrogen-bond acceptors (Lipinski definition) is 4. The average Bonchev–Trinajstić information content (AvgIpc) is 2.83. The summed E-state index contributed by atoms with van der Waals surface area (Å²) >= 11 is 12.0. The monoisotopic (exact) mass is 391 g/mol. The molecule has 1 aliphatic heterocycles. The fourth-order valence-corrected chi connectivity index (χ4v) is 3.15. The van der Waals surface area contributed by atoms with Crippen LogP contribution in [-0.4, -0.2) is 23.5 Å². The quantitative estimate of drug-likeness (QED) is 0.754. The highest BCUT2D eigenvalue weighted by Crippen LogP contribution is 2.38. The summed E-state index contributed by atoms with van der Waals surface area (Å²) in [5.41, 5.74) is 0.339. The molecule has 2 aromatic carbocycles. The molecule has 0 radical (unpaired) electrons. The predicted molar refractivity (Wildman–Crippen MR) is 101 cm³/mol. The number of imide groups is 1. The van der Waals surface area contributed by atoms with Gasteiger partial charge < -0.3 is 9.84 Å². The van der Waals surface area contributed by atoms with Crippen molar-refractivity contribution < 1.29 is 19.4 Å². The van der Waals surface area contributed by atoms with E-state index in [9.17, 15) is 14.7 Å². The Labute approximate surface area is 160 Å². The van der Waals surface area contributed by atoms with Gasteiger partial charge in [-0.25, -0.2) is 4.90 Å². The molecule has 1 aliphatic rings. The van der Waals surface area contributed by atoms with Crippen molar-refractivity contribution in [2.75, 3.05) is 11.5 Å². The van der Waals surface area contributed by atoms with Gasteiger partial charge in [-0.2, -0.15) is 0 Å². The highest BCUT2D eigenvalue weighted by atomic mass is 35.5. The number of para-hydroxylation sites is 2. The van der Waals surface area contributed by atoms with Crippen LogP contribution in [-0.2, 0) is 9.59 Å². The standard InChI is InChI=1S/C19H15Cl2NO4/c1-2-9-26-15-6-4-3-5-14(15)22-18(24)16(17(23)19(22)25)12-8-7-11(20)10-13(12)21/h3-8,10,23H,2,9H2,1H3. The van der Waals surface area contributed by atoms with Crippen LogP contribution in [0.5, 0.6) is 5.75 Å². The third kappa shape index (κ3) is 3.16. The minimum Gasteiger partial charge on any atom is -0.502 e. The first kappa shape index (κ1) is 18.3. The van der Waals surface area contributed by atoms with Crippen LogP contribution in [0.3, 0.4) is 0 Å². The lowest BCUT2D eigenvalue weighted by Gasteiger charge is -2.18. The zero-order valence-corrected chi connectivity index (χ0v) is 15.3. The summed E-state index contributed by atoms with van der Waals surface area (Å²) in [6, 6.07) is 11.1. The molecule has 5 nitrogen and oxygen atoms in total. The van der Waals surface area contributed by atoms with Crippen molar-refractivity contribution in [3.63, 3.8) is 0 Å². The van der Waals surface area contributed by atoms with Crippen LogP contribution < -0.4 is 9.64 Å². The topological polar surface area (TPSA) is 66.8 Å². The zero-order valence-electron chi connectivity index (χ0n) is 13.8. The minimum absolute atomic E-state index is 0.164. The molecule has 2 amide bonds. The van der Waals surface area contributed by atoms with E-state index < -0.39 is 17.6 Å². The van der Waals surface area contributed by atoms with Crippen molar-refractivity contribution in [3.8, 4) is 5.75 Å². The summed E-state index contributed by atoms with van der Waals surface area (Å²) in [6.07, 6.45) is 0.769. The molecule has 1 N–H and O–H groups in total. The maximum absolute atomic E-state index is 12.9. The first-order valence-electron chi connectivity index (χ1n) is 7.95. The number of benzene rings is 2. The molecule has 0 unspecified atom stereocenters. The second-order valence-electron chi connectivity index (χ2n) is 5.61. The number of amides is 2. The lowest BCUT2D eigenvalue weighted by Crippen LogP contribution is -2.32. The van der Waals surface area contributed by atoms with E-state index in [1.165, 1.54) is 18.2 Å². The normalized spacial score (nSPS) is 14.3. The van der Waals surface area contributed by atoms with Crippen LogP contribution in [0.1, 0.15) is 18.9 Å². The number of anilines is 1. The Morgan fingerprint density at radius 2 is 1.81 bits per heavy atom. The van der Waals surface area contributed by atoms with Crippen LogP contribution in [0, 0.1) is 0 Å². The van der Waals surface area contributed by atoms with E-state index in [1.54, 1.807) is 24.3 Å². The zero-order chi connectivity index (χ0) is 18.8. The first-order valence-corrected chi connectivity index (χ1v) is 8.70. The molecular weight excluding hydrogens is 377 g/mol. The third-order valence-corrected chi connectivity index (χ3v) is 4.38. The Bertz CT molecular complexity index is 924. The second kappa shape index (κ2) is 7.40. The minimum atomic E-state index is -0.830. The highest BCUT2D eigenvalue weighted by molar-refractivity contribution is 6.47. The van der Waals surface area contributed by atoms with Gasteiger partial charge in [0.2, 0.25) is 0 Å². The number of ether oxygens (including phenoxy) is 1. The summed E-state index contributed by atoms with van der Waals surface area (Å²) in [5, 5.41) is 10.9. The average molecular weight is 392 g/mol. The number of hydrogen-bond donors (Lipinski definition) is 1. The van der Waals surface area contributed by atoms with Gasteiger partial charge in [0.15, 0.2) is 5.76 Å². The van der Waals surface area contributed by atoms with Gasteiger partial charge in [-0.3, -0.25) is 9.59 Å². The number of carbonyl (C=O) groups excluding carboxylic acids is 2. The van der Waals surface area contributed by atoms with E-state index in [0.29, 0.717) is 17.4 Å². The summed E-state index contributed by atoms with van der Waals surface area (Å²) in [5.74, 6) is -1.79. The van der Waals surface area contributed by atoms with E-state index in [0.717, 1.165) is 11.3 Å². The maximum Gasteiger partial charge on any atom is 0.301 e. The molecule has 0 saturated carbocycles. The largest absolute Gasteiger partial charge is 0.502 e. The summed E-state index contributed by atoms with van der Waals surface area (Å²) < 4.78 is 5.62. The van der Waals surface area contributed by atoms with E-state index in [1.807, 2.05) is 6.92 Å². The molecule has 7 heteroatoms. The number of aliphatic hydroxyl groups excluding tert-OH is 1. The SMILES string of the molecule is CCCOc1ccccc1N1C(=O)C(O)=C(c2ccc(Cl)cc2Cl)C1=O. The molecule has 26 heavy (non-hydrogen) atoms. The van der Waals surface area contributed by atoms with Crippen molar-refractivity contribution in [3.05, 3.63) is 63.8 Å². The van der Waals surface area contributed by atoms with E-state index >= 15 is 0 Å². The maximum atomic E-state index is 12.9. The Morgan fingerprint density at radius 1 is 1.08 bits per heavy atom. The first-order chi connectivity index (χ1) is 12.5. The van der Waals surface area contributed by atoms with Gasteiger partial charge in [-0.05, 0) is 30.7 Å². The van der Waals surface area contributed by atoms with E-state index in [4.69, 9.17) is 27.9 Å². The number of carbonyl (C=O) groups is 2. The van der Waals surface area contributed by atoms with Crippen LogP contribution in [0.2, 0.25) is 10.0 Å². The summed E-state index contributed by atoms with van der Waals surface area (Å²) in [4.78, 5) is 26.4. The molecule has 0 saturated heterocycles. The van der Waals surface area contributed by atoms with Gasteiger partial charge in [0, 0.05) is 10.6 Å². The van der Waals surface area contributed by atoms with Crippen molar-refractivity contribution in [2.24, 2.45) is 0 Å². The van der Waals surface area contributed by atoms with Crippen molar-refractivity contribution >= 4 is 46.3 Å². The molecular formula is C19H15Cl2NO4. The number of halogens is 2. The molecule has 0 aliphatic carbocycles. The van der Waals surface area contributed by atoms with Gasteiger partial charge in [-0.15, -0.1) is 0 Å². The van der Waals surface area contributed by atoms with Crippen LogP contribution in [0.25, 0.3) is 5.57 Å². The second-order valence-corrected chi connectivity index (χ2v) is 6.45. The molecule has 3 rings (SSSR count). The summed E-state index contributed by atoms with van der Waals surface area (Å²) in [6.45, 7) is 2.38. The van der Waals surface area contributed by atoms with Gasteiger partial charge in [0.05, 0.1) is 22.9 Å². The third-order valence-electron chi connectivity index (χ3n) is 3.83. The molecule has 1 heterocycles. The molecule has 0 aromatic heterocycles. The number of aliphatic hydroxyl groups is 1. The van der Waals surface area contributed by atoms with Crippen molar-refractivity contribution in [1.29, 1.82) is 0 Å².